The fraction of sp³-hybridized carbons (Fsp3) is 0.300. The van der Waals surface area contributed by atoms with Crippen LogP contribution in [0.1, 0.15) is 29.8 Å². The van der Waals surface area contributed by atoms with Gasteiger partial charge in [-0.1, -0.05) is 28.2 Å². The Morgan fingerprint density at radius 3 is 2.47 bits per heavy atom. The van der Waals surface area contributed by atoms with Crippen molar-refractivity contribution < 1.29 is 22.8 Å². The van der Waals surface area contributed by atoms with Crippen molar-refractivity contribution in [2.75, 3.05) is 26.0 Å². The van der Waals surface area contributed by atoms with Crippen LogP contribution in [-0.2, 0) is 26.2 Å². The zero-order valence-electron chi connectivity index (χ0n) is 17.2. The van der Waals surface area contributed by atoms with E-state index >= 15 is 0 Å². The lowest BCUT2D eigenvalue weighted by Gasteiger charge is -2.19. The molecule has 0 unspecified atom stereocenters. The van der Waals surface area contributed by atoms with Crippen LogP contribution in [-0.4, -0.2) is 50.3 Å². The van der Waals surface area contributed by atoms with Gasteiger partial charge in [-0.2, -0.15) is 0 Å². The summed E-state index contributed by atoms with van der Waals surface area (Å²) in [4.78, 5) is 30.5. The van der Waals surface area contributed by atoms with Gasteiger partial charge in [-0.15, -0.1) is 0 Å². The minimum Gasteiger partial charge on any atom is -0.339 e. The molecule has 0 radical (unpaired) electrons. The Labute approximate surface area is 181 Å². The highest BCUT2D eigenvalue weighted by molar-refractivity contribution is 7.89. The molecule has 0 aliphatic heterocycles. The first-order chi connectivity index (χ1) is 14.1. The van der Waals surface area contributed by atoms with Gasteiger partial charge in [0.2, 0.25) is 5.91 Å². The highest BCUT2D eigenvalue weighted by Crippen LogP contribution is 2.26. The molecule has 1 N–H and O–H groups in total. The molecule has 8 nitrogen and oxygen atoms in total. The van der Waals surface area contributed by atoms with E-state index in [1.54, 1.807) is 23.1 Å². The lowest BCUT2D eigenvalue weighted by molar-refractivity contribution is -0.129. The van der Waals surface area contributed by atoms with Crippen molar-refractivity contribution in [1.82, 2.24) is 9.37 Å². The quantitative estimate of drug-likeness (QED) is 0.619. The molecule has 0 fully saturated rings. The first kappa shape index (κ1) is 23.8. The van der Waals surface area contributed by atoms with Crippen LogP contribution in [0.5, 0.6) is 0 Å². The van der Waals surface area contributed by atoms with Crippen LogP contribution < -0.4 is 5.32 Å². The van der Waals surface area contributed by atoms with Gasteiger partial charge in [-0.3, -0.25) is 14.4 Å². The molecule has 2 aromatic rings. The first-order valence-corrected chi connectivity index (χ1v) is 10.9. The van der Waals surface area contributed by atoms with Gasteiger partial charge >= 0.3 is 0 Å². The number of nitrogens with zero attached hydrogens (tertiary/aromatic N) is 2. The number of nitrogens with one attached hydrogen (secondary N) is 1. The molecule has 2 amide bonds. The summed E-state index contributed by atoms with van der Waals surface area (Å²) < 4.78 is 25.7. The smallest absolute Gasteiger partial charge is 0.266 e. The maximum atomic E-state index is 12.7. The summed E-state index contributed by atoms with van der Waals surface area (Å²) in [6.07, 6.45) is 0. The molecule has 0 saturated heterocycles. The van der Waals surface area contributed by atoms with E-state index in [-0.39, 0.29) is 21.4 Å². The second-order valence-electron chi connectivity index (χ2n) is 6.43. The number of hydrogen-bond donors (Lipinski definition) is 1. The third-order valence-corrected chi connectivity index (χ3v) is 6.61. The van der Waals surface area contributed by atoms with Gasteiger partial charge in [0.05, 0.1) is 12.1 Å². The predicted octanol–water partition coefficient (Wildman–Crippen LogP) is 3.14. The Bertz CT molecular complexity index is 1040. The topological polar surface area (TPSA) is 96.0 Å². The Balaban J connectivity index is 2.26. The van der Waals surface area contributed by atoms with Gasteiger partial charge in [0.25, 0.3) is 15.9 Å². The van der Waals surface area contributed by atoms with E-state index in [0.29, 0.717) is 23.2 Å². The third-order valence-electron chi connectivity index (χ3n) is 4.45. The van der Waals surface area contributed by atoms with Gasteiger partial charge in [-0.05, 0) is 42.8 Å². The van der Waals surface area contributed by atoms with E-state index in [0.717, 1.165) is 5.56 Å². The third kappa shape index (κ3) is 5.57. The van der Waals surface area contributed by atoms with Crippen molar-refractivity contribution in [1.29, 1.82) is 0 Å². The van der Waals surface area contributed by atoms with E-state index in [9.17, 15) is 18.0 Å². The largest absolute Gasteiger partial charge is 0.339 e. The standard InChI is InChI=1S/C20H24ClN3O5S/c1-5-24(14(2)25)13-15-7-6-8-17(11-15)22-20(26)16-9-10-18(21)19(12-16)30(27,28)23(3)29-4/h6-12H,5,13H2,1-4H3,(H,22,26). The molecule has 0 saturated carbocycles. The van der Waals surface area contributed by atoms with Gasteiger partial charge in [0.15, 0.2) is 0 Å². The number of rotatable bonds is 8. The number of hydroxylamine groups is 1. The van der Waals surface area contributed by atoms with Gasteiger partial charge in [0, 0.05) is 38.3 Å². The molecule has 0 atom stereocenters. The molecular weight excluding hydrogens is 430 g/mol. The normalized spacial score (nSPS) is 11.4. The van der Waals surface area contributed by atoms with Crippen molar-refractivity contribution in [3.05, 3.63) is 58.6 Å². The van der Waals surface area contributed by atoms with Crippen LogP contribution in [0, 0.1) is 0 Å². The predicted molar refractivity (Wildman–Crippen MR) is 115 cm³/mol. The zero-order valence-corrected chi connectivity index (χ0v) is 18.7. The minimum absolute atomic E-state index is 0.0265. The highest BCUT2D eigenvalue weighted by atomic mass is 35.5. The summed E-state index contributed by atoms with van der Waals surface area (Å²) in [5.41, 5.74) is 1.49. The number of anilines is 1. The molecule has 0 spiro atoms. The summed E-state index contributed by atoms with van der Waals surface area (Å²) in [5, 5.41) is 2.71. The second-order valence-corrected chi connectivity index (χ2v) is 8.74. The molecule has 0 bridgehead atoms. The molecule has 0 aliphatic rings. The molecule has 30 heavy (non-hydrogen) atoms. The molecule has 2 aromatic carbocycles. The Morgan fingerprint density at radius 1 is 1.17 bits per heavy atom. The van der Waals surface area contributed by atoms with Gasteiger partial charge in [0.1, 0.15) is 4.90 Å². The number of carbonyl (C=O) groups excluding carboxylic acids is 2. The molecular formula is C20H24ClN3O5S. The number of hydrogen-bond acceptors (Lipinski definition) is 5. The SMILES string of the molecule is CCN(Cc1cccc(NC(=O)c2ccc(Cl)c(S(=O)(=O)N(C)OC)c2)c1)C(C)=O. The first-order valence-electron chi connectivity index (χ1n) is 9.08. The molecule has 162 valence electrons. The summed E-state index contributed by atoms with van der Waals surface area (Å²) in [6.45, 7) is 4.38. The molecule has 0 heterocycles. The number of halogens is 1. The zero-order chi connectivity index (χ0) is 22.5. The number of carbonyl (C=O) groups is 2. The minimum atomic E-state index is -4.02. The van der Waals surface area contributed by atoms with E-state index in [1.165, 1.54) is 39.3 Å². The van der Waals surface area contributed by atoms with Crippen LogP contribution in [0.25, 0.3) is 0 Å². The van der Waals surface area contributed by atoms with E-state index in [2.05, 4.69) is 5.32 Å². The highest BCUT2D eigenvalue weighted by Gasteiger charge is 2.25. The van der Waals surface area contributed by atoms with Crippen LogP contribution in [0.2, 0.25) is 5.02 Å². The second kappa shape index (κ2) is 10.0. The van der Waals surface area contributed by atoms with Crippen molar-refractivity contribution in [3.8, 4) is 0 Å². The summed E-state index contributed by atoms with van der Waals surface area (Å²) >= 11 is 6.03. The monoisotopic (exact) mass is 453 g/mol. The van der Waals surface area contributed by atoms with E-state index in [1.807, 2.05) is 13.0 Å². The van der Waals surface area contributed by atoms with Crippen molar-refractivity contribution in [3.63, 3.8) is 0 Å². The van der Waals surface area contributed by atoms with Crippen LogP contribution in [0.3, 0.4) is 0 Å². The number of amides is 2. The summed E-state index contributed by atoms with van der Waals surface area (Å²) in [6, 6.07) is 11.1. The summed E-state index contributed by atoms with van der Waals surface area (Å²) in [7, 11) is -1.58. The lowest BCUT2D eigenvalue weighted by Crippen LogP contribution is -2.27. The Hall–Kier alpha value is -2.46. The lowest BCUT2D eigenvalue weighted by atomic mass is 10.1. The van der Waals surface area contributed by atoms with Crippen LogP contribution >= 0.6 is 11.6 Å². The Morgan fingerprint density at radius 2 is 1.87 bits per heavy atom. The van der Waals surface area contributed by atoms with Crippen molar-refractivity contribution in [2.24, 2.45) is 0 Å². The van der Waals surface area contributed by atoms with Crippen molar-refractivity contribution in [2.45, 2.75) is 25.3 Å². The van der Waals surface area contributed by atoms with Gasteiger partial charge in [-0.25, -0.2) is 8.42 Å². The van der Waals surface area contributed by atoms with E-state index < -0.39 is 15.9 Å². The average molecular weight is 454 g/mol. The van der Waals surface area contributed by atoms with Crippen LogP contribution in [0.15, 0.2) is 47.4 Å². The van der Waals surface area contributed by atoms with Gasteiger partial charge < -0.3 is 10.2 Å². The fourth-order valence-corrected chi connectivity index (χ4v) is 4.17. The molecule has 0 aromatic heterocycles. The number of sulfonamides is 1. The number of benzene rings is 2. The molecule has 2 rings (SSSR count). The average Bonchev–Trinajstić information content (AvgIpc) is 2.71. The van der Waals surface area contributed by atoms with Crippen LogP contribution in [0.4, 0.5) is 5.69 Å². The molecule has 10 heteroatoms. The molecule has 0 aliphatic carbocycles. The van der Waals surface area contributed by atoms with E-state index in [4.69, 9.17) is 16.4 Å². The fourth-order valence-electron chi connectivity index (χ4n) is 2.70. The Kier molecular flexibility index (Phi) is 7.96. The maximum absolute atomic E-state index is 12.7. The maximum Gasteiger partial charge on any atom is 0.266 e. The van der Waals surface area contributed by atoms with Crippen molar-refractivity contribution >= 4 is 39.1 Å². The summed E-state index contributed by atoms with van der Waals surface area (Å²) in [5.74, 6) is -0.540.